The highest BCUT2D eigenvalue weighted by molar-refractivity contribution is 5.89. The van der Waals surface area contributed by atoms with Gasteiger partial charge in [0.2, 0.25) is 5.91 Å². The normalized spacial score (nSPS) is 9.94. The molecule has 0 bridgehead atoms. The fourth-order valence-corrected chi connectivity index (χ4v) is 1.60. The van der Waals surface area contributed by atoms with Gasteiger partial charge >= 0.3 is 5.97 Å². The predicted molar refractivity (Wildman–Crippen MR) is 65.0 cm³/mol. The number of carbonyl (C=O) groups is 2. The van der Waals surface area contributed by atoms with Crippen molar-refractivity contribution in [3.8, 4) is 0 Å². The minimum absolute atomic E-state index is 0.0142. The van der Waals surface area contributed by atoms with E-state index in [1.54, 1.807) is 24.3 Å². The first kappa shape index (κ1) is 13.2. The summed E-state index contributed by atoms with van der Waals surface area (Å²) in [5, 5.41) is 11.7. The second kappa shape index (κ2) is 6.68. The molecule has 1 amide bonds. The van der Waals surface area contributed by atoms with Crippen molar-refractivity contribution >= 4 is 11.9 Å². The topological polar surface area (TPSA) is 66.4 Å². The molecule has 2 N–H and O–H groups in total. The zero-order valence-corrected chi connectivity index (χ0v) is 9.90. The molecule has 1 rings (SSSR count). The Kier molecular flexibility index (Phi) is 5.20. The third kappa shape index (κ3) is 4.26. The molecule has 0 aliphatic carbocycles. The highest BCUT2D eigenvalue weighted by atomic mass is 16.4. The number of hydrogen-bond donors (Lipinski definition) is 2. The molecule has 0 radical (unpaired) electrons. The molecule has 0 aromatic heterocycles. The van der Waals surface area contributed by atoms with Crippen molar-refractivity contribution in [3.05, 3.63) is 35.4 Å². The average molecular weight is 235 g/mol. The molecule has 4 nitrogen and oxygen atoms in total. The van der Waals surface area contributed by atoms with Crippen LogP contribution in [0.5, 0.6) is 0 Å². The predicted octanol–water partition coefficient (Wildman–Crippen LogP) is 1.84. The molecule has 0 saturated heterocycles. The third-order valence-corrected chi connectivity index (χ3v) is 2.44. The van der Waals surface area contributed by atoms with Crippen molar-refractivity contribution in [2.24, 2.45) is 0 Å². The van der Waals surface area contributed by atoms with E-state index in [9.17, 15) is 9.59 Å². The first-order chi connectivity index (χ1) is 8.15. The summed E-state index contributed by atoms with van der Waals surface area (Å²) in [4.78, 5) is 22.2. The Morgan fingerprint density at radius 3 is 2.65 bits per heavy atom. The van der Waals surface area contributed by atoms with Crippen LogP contribution in [0.3, 0.4) is 0 Å². The van der Waals surface area contributed by atoms with Crippen LogP contribution in [-0.2, 0) is 11.2 Å². The average Bonchev–Trinajstić information content (AvgIpc) is 2.30. The Labute approximate surface area is 101 Å². The minimum Gasteiger partial charge on any atom is -0.478 e. The van der Waals surface area contributed by atoms with Crippen LogP contribution in [0.1, 0.15) is 35.7 Å². The maximum absolute atomic E-state index is 11.2. The van der Waals surface area contributed by atoms with Crippen molar-refractivity contribution in [2.45, 2.75) is 26.2 Å². The van der Waals surface area contributed by atoms with Crippen LogP contribution in [0.25, 0.3) is 0 Å². The summed E-state index contributed by atoms with van der Waals surface area (Å²) in [5.41, 5.74) is 1.05. The number of carboxylic acids is 1. The van der Waals surface area contributed by atoms with Crippen LogP contribution in [0.4, 0.5) is 0 Å². The van der Waals surface area contributed by atoms with E-state index in [1.807, 2.05) is 6.92 Å². The summed E-state index contributed by atoms with van der Waals surface area (Å²) in [6.07, 6.45) is 1.87. The minimum atomic E-state index is -0.930. The summed E-state index contributed by atoms with van der Waals surface area (Å²) in [5.74, 6) is -0.916. The van der Waals surface area contributed by atoms with Gasteiger partial charge in [-0.05, 0) is 24.5 Å². The van der Waals surface area contributed by atoms with Crippen LogP contribution in [0, 0.1) is 0 Å². The van der Waals surface area contributed by atoms with Gasteiger partial charge in [0.25, 0.3) is 0 Å². The maximum Gasteiger partial charge on any atom is 0.335 e. The number of amides is 1. The van der Waals surface area contributed by atoms with E-state index in [1.165, 1.54) is 0 Å². The summed E-state index contributed by atoms with van der Waals surface area (Å²) in [6.45, 7) is 2.42. The van der Waals surface area contributed by atoms with E-state index < -0.39 is 5.97 Å². The molecule has 0 aliphatic heterocycles. The Morgan fingerprint density at radius 2 is 2.00 bits per heavy atom. The number of carboxylic acid groups (broad SMARTS) is 1. The number of nitrogens with one attached hydrogen (secondary N) is 1. The SMILES string of the molecule is CCCC(=O)NCCc1ccccc1C(=O)O. The first-order valence-electron chi connectivity index (χ1n) is 5.73. The van der Waals surface area contributed by atoms with Crippen molar-refractivity contribution in [3.63, 3.8) is 0 Å². The Hall–Kier alpha value is -1.84. The van der Waals surface area contributed by atoms with Gasteiger partial charge in [0.05, 0.1) is 5.56 Å². The molecule has 0 unspecified atom stereocenters. The largest absolute Gasteiger partial charge is 0.478 e. The van der Waals surface area contributed by atoms with Gasteiger partial charge in [-0.15, -0.1) is 0 Å². The summed E-state index contributed by atoms with van der Waals surface area (Å²) in [7, 11) is 0. The lowest BCUT2D eigenvalue weighted by atomic mass is 10.0. The van der Waals surface area contributed by atoms with Gasteiger partial charge in [-0.1, -0.05) is 25.1 Å². The molecule has 0 heterocycles. The second-order valence-corrected chi connectivity index (χ2v) is 3.81. The Bertz CT molecular complexity index is 401. The zero-order chi connectivity index (χ0) is 12.7. The molecule has 0 atom stereocenters. The molecule has 0 saturated carbocycles. The molecule has 1 aromatic rings. The summed E-state index contributed by atoms with van der Waals surface area (Å²) in [6, 6.07) is 6.85. The van der Waals surface area contributed by atoms with Gasteiger partial charge in [0, 0.05) is 13.0 Å². The van der Waals surface area contributed by atoms with Crippen LogP contribution < -0.4 is 5.32 Å². The number of benzene rings is 1. The quantitative estimate of drug-likeness (QED) is 0.790. The van der Waals surface area contributed by atoms with E-state index in [2.05, 4.69) is 5.32 Å². The fraction of sp³-hybridized carbons (Fsp3) is 0.385. The number of carbonyl (C=O) groups excluding carboxylic acids is 1. The molecule has 17 heavy (non-hydrogen) atoms. The van der Waals surface area contributed by atoms with E-state index in [0.717, 1.165) is 12.0 Å². The molecule has 0 fully saturated rings. The van der Waals surface area contributed by atoms with E-state index in [0.29, 0.717) is 24.9 Å². The third-order valence-electron chi connectivity index (χ3n) is 2.44. The van der Waals surface area contributed by atoms with E-state index in [-0.39, 0.29) is 5.91 Å². The van der Waals surface area contributed by atoms with Gasteiger partial charge in [-0.3, -0.25) is 4.79 Å². The highest BCUT2D eigenvalue weighted by Gasteiger charge is 2.08. The monoisotopic (exact) mass is 235 g/mol. The molecule has 4 heteroatoms. The second-order valence-electron chi connectivity index (χ2n) is 3.81. The van der Waals surface area contributed by atoms with Gasteiger partial charge in [-0.2, -0.15) is 0 Å². The number of rotatable bonds is 6. The summed E-state index contributed by atoms with van der Waals surface area (Å²) >= 11 is 0. The van der Waals surface area contributed by atoms with Crippen LogP contribution in [-0.4, -0.2) is 23.5 Å². The lowest BCUT2D eigenvalue weighted by molar-refractivity contribution is -0.121. The van der Waals surface area contributed by atoms with Crippen molar-refractivity contribution in [1.29, 1.82) is 0 Å². The molecule has 92 valence electrons. The molecule has 0 aliphatic rings. The van der Waals surface area contributed by atoms with E-state index in [4.69, 9.17) is 5.11 Å². The smallest absolute Gasteiger partial charge is 0.335 e. The molecular weight excluding hydrogens is 218 g/mol. The maximum atomic E-state index is 11.2. The summed E-state index contributed by atoms with van der Waals surface area (Å²) < 4.78 is 0. The standard InChI is InChI=1S/C13H17NO3/c1-2-5-12(15)14-9-8-10-6-3-4-7-11(10)13(16)17/h3-4,6-7H,2,5,8-9H2,1H3,(H,14,15)(H,16,17). The Balaban J connectivity index is 2.52. The Morgan fingerprint density at radius 1 is 1.29 bits per heavy atom. The zero-order valence-electron chi connectivity index (χ0n) is 9.90. The van der Waals surface area contributed by atoms with Crippen molar-refractivity contribution in [2.75, 3.05) is 6.54 Å². The van der Waals surface area contributed by atoms with Crippen LogP contribution >= 0.6 is 0 Å². The number of hydrogen-bond acceptors (Lipinski definition) is 2. The fourth-order valence-electron chi connectivity index (χ4n) is 1.60. The lowest BCUT2D eigenvalue weighted by Crippen LogP contribution is -2.25. The van der Waals surface area contributed by atoms with Gasteiger partial charge in [0.1, 0.15) is 0 Å². The first-order valence-corrected chi connectivity index (χ1v) is 5.73. The number of aromatic carboxylic acids is 1. The van der Waals surface area contributed by atoms with Gasteiger partial charge < -0.3 is 10.4 Å². The molecule has 1 aromatic carbocycles. The molecular formula is C13H17NO3. The van der Waals surface area contributed by atoms with E-state index >= 15 is 0 Å². The van der Waals surface area contributed by atoms with Crippen LogP contribution in [0.2, 0.25) is 0 Å². The lowest BCUT2D eigenvalue weighted by Gasteiger charge is -2.07. The van der Waals surface area contributed by atoms with Gasteiger partial charge in [0.15, 0.2) is 0 Å². The van der Waals surface area contributed by atoms with Gasteiger partial charge in [-0.25, -0.2) is 4.79 Å². The van der Waals surface area contributed by atoms with Crippen LogP contribution in [0.15, 0.2) is 24.3 Å². The van der Waals surface area contributed by atoms with Crippen molar-refractivity contribution in [1.82, 2.24) is 5.32 Å². The van der Waals surface area contributed by atoms with Crippen molar-refractivity contribution < 1.29 is 14.7 Å². The molecule has 0 spiro atoms. The highest BCUT2D eigenvalue weighted by Crippen LogP contribution is 2.08.